The van der Waals surface area contributed by atoms with Crippen molar-refractivity contribution in [3.05, 3.63) is 59.7 Å². The topological polar surface area (TPSA) is 59.0 Å². The van der Waals surface area contributed by atoms with Crippen LogP contribution in [0.3, 0.4) is 0 Å². The van der Waals surface area contributed by atoms with Gasteiger partial charge in [-0.2, -0.15) is 0 Å². The fraction of sp³-hybridized carbons (Fsp3) is 0.643. The van der Waals surface area contributed by atoms with Gasteiger partial charge in [-0.1, -0.05) is 83.2 Å². The predicted molar refractivity (Wildman–Crippen MR) is 147 cm³/mol. The lowest BCUT2D eigenvalue weighted by atomic mass is 10.1. The van der Waals surface area contributed by atoms with Crippen LogP contribution in [0, 0.1) is 0 Å². The molecule has 5 nitrogen and oxygen atoms in total. The van der Waals surface area contributed by atoms with Gasteiger partial charge >= 0.3 is 0 Å². The van der Waals surface area contributed by atoms with Crippen LogP contribution >= 0.6 is 0 Å². The molecule has 0 amide bonds. The van der Waals surface area contributed by atoms with Crippen molar-refractivity contribution < 1.29 is 10.2 Å². The molecule has 0 bridgehead atoms. The Morgan fingerprint density at radius 1 is 0.939 bits per heavy atom. The zero-order valence-corrected chi connectivity index (χ0v) is 23.1. The maximum absolute atomic E-state index is 10.2. The number of nitrogens with zero attached hydrogens (tertiary/aromatic N) is 2. The smallest absolute Gasteiger partial charge is 0.165 e. The molecule has 3 N–H and O–H groups in total. The molecule has 33 heavy (non-hydrogen) atoms. The third kappa shape index (κ3) is 19.7. The summed E-state index contributed by atoms with van der Waals surface area (Å²) in [5.41, 5.74) is 2.67. The van der Waals surface area contributed by atoms with Crippen LogP contribution in [0.5, 0.6) is 0 Å². The van der Waals surface area contributed by atoms with Crippen LogP contribution in [0.25, 0.3) is 0 Å². The van der Waals surface area contributed by atoms with Crippen molar-refractivity contribution in [3.8, 4) is 0 Å². The summed E-state index contributed by atoms with van der Waals surface area (Å²) < 4.78 is 0. The van der Waals surface area contributed by atoms with E-state index in [1.165, 1.54) is 17.5 Å². The summed E-state index contributed by atoms with van der Waals surface area (Å²) in [5.74, 6) is 0. The molecule has 1 aliphatic rings. The third-order valence-corrected chi connectivity index (χ3v) is 4.65. The van der Waals surface area contributed by atoms with Crippen molar-refractivity contribution in [2.75, 3.05) is 40.3 Å². The first kappa shape index (κ1) is 36.1. The Balaban J connectivity index is -0.000000635. The Morgan fingerprint density at radius 2 is 1.45 bits per heavy atom. The number of aliphatic hydroxyl groups is 2. The number of nitrogens with one attached hydrogen (secondary N) is 1. The number of hydrogen-bond donors (Lipinski definition) is 3. The maximum atomic E-state index is 10.2. The Kier molecular flexibility index (Phi) is 31.2. The van der Waals surface area contributed by atoms with Gasteiger partial charge in [0, 0.05) is 26.7 Å². The van der Waals surface area contributed by atoms with Gasteiger partial charge < -0.3 is 15.5 Å². The first-order valence-electron chi connectivity index (χ1n) is 12.7. The van der Waals surface area contributed by atoms with E-state index in [0.717, 1.165) is 52.7 Å². The monoisotopic (exact) mass is 465 g/mol. The van der Waals surface area contributed by atoms with E-state index >= 15 is 0 Å². The predicted octanol–water partition coefficient (Wildman–Crippen LogP) is 5.44. The standard InChI is InChI=1S/C17H29N3O.C6H10.2C2H6.CH4O/c1-3-18-11-4-6-15-7-9-16(10-8-15)14-20-13-5-12-19(2)17(20)21;1-3-5-6-4-2;3*1-2/h7-10,17-18,21H,3-6,11-14H2,1-2H3;3-6H,1-2H3;2*1-2H3;2H,1H3/b;5-3-,6-4-;;;. The molecule has 0 aromatic heterocycles. The van der Waals surface area contributed by atoms with E-state index in [9.17, 15) is 5.11 Å². The summed E-state index contributed by atoms with van der Waals surface area (Å²) in [6.45, 7) is 19.0. The fourth-order valence-corrected chi connectivity index (χ4v) is 3.06. The van der Waals surface area contributed by atoms with Gasteiger partial charge in [-0.25, -0.2) is 0 Å². The van der Waals surface area contributed by atoms with Gasteiger partial charge in [0.05, 0.1) is 0 Å². The largest absolute Gasteiger partial charge is 0.400 e. The molecule has 1 aromatic rings. The van der Waals surface area contributed by atoms with E-state index in [4.69, 9.17) is 5.11 Å². The van der Waals surface area contributed by atoms with E-state index in [0.29, 0.717) is 0 Å². The first-order chi connectivity index (χ1) is 16.1. The molecule has 1 fully saturated rings. The van der Waals surface area contributed by atoms with Crippen molar-refractivity contribution in [2.24, 2.45) is 0 Å². The number of benzene rings is 1. The zero-order chi connectivity index (χ0) is 25.9. The van der Waals surface area contributed by atoms with Gasteiger partial charge in [0.1, 0.15) is 0 Å². The van der Waals surface area contributed by atoms with Gasteiger partial charge in [0.25, 0.3) is 0 Å². The minimum Gasteiger partial charge on any atom is -0.400 e. The van der Waals surface area contributed by atoms with Crippen molar-refractivity contribution in [3.63, 3.8) is 0 Å². The number of allylic oxidation sites excluding steroid dienone is 4. The van der Waals surface area contributed by atoms with Crippen LogP contribution in [-0.2, 0) is 13.0 Å². The highest BCUT2D eigenvalue weighted by molar-refractivity contribution is 5.22. The van der Waals surface area contributed by atoms with Gasteiger partial charge in [-0.05, 0) is 64.4 Å². The molecule has 0 spiro atoms. The van der Waals surface area contributed by atoms with Gasteiger partial charge in [-0.3, -0.25) is 9.80 Å². The lowest BCUT2D eigenvalue weighted by molar-refractivity contribution is -0.128. The second-order valence-electron chi connectivity index (χ2n) is 6.98. The third-order valence-electron chi connectivity index (χ3n) is 4.65. The van der Waals surface area contributed by atoms with Crippen molar-refractivity contribution in [1.29, 1.82) is 0 Å². The van der Waals surface area contributed by atoms with E-state index in [-0.39, 0.29) is 0 Å². The zero-order valence-electron chi connectivity index (χ0n) is 23.1. The van der Waals surface area contributed by atoms with Gasteiger partial charge in [0.15, 0.2) is 6.35 Å². The van der Waals surface area contributed by atoms with Crippen LogP contribution in [0.4, 0.5) is 0 Å². The van der Waals surface area contributed by atoms with Crippen LogP contribution in [0.2, 0.25) is 0 Å². The minimum absolute atomic E-state index is 0.446. The lowest BCUT2D eigenvalue weighted by Gasteiger charge is -2.38. The highest BCUT2D eigenvalue weighted by Gasteiger charge is 2.24. The molecule has 1 aromatic carbocycles. The normalized spacial score (nSPS) is 15.9. The molecule has 1 unspecified atom stereocenters. The lowest BCUT2D eigenvalue weighted by Crippen LogP contribution is -2.51. The van der Waals surface area contributed by atoms with Crippen LogP contribution in [-0.4, -0.2) is 66.7 Å². The summed E-state index contributed by atoms with van der Waals surface area (Å²) in [4.78, 5) is 4.13. The number of hydrogen-bond acceptors (Lipinski definition) is 5. The Bertz CT molecular complexity index is 535. The first-order valence-corrected chi connectivity index (χ1v) is 12.7. The molecule has 0 aliphatic carbocycles. The van der Waals surface area contributed by atoms with Crippen molar-refractivity contribution in [2.45, 2.75) is 80.6 Å². The van der Waals surface area contributed by atoms with Crippen molar-refractivity contribution >= 4 is 0 Å². The quantitative estimate of drug-likeness (QED) is 0.352. The minimum atomic E-state index is -0.446. The highest BCUT2D eigenvalue weighted by atomic mass is 16.3. The molecular weight excluding hydrogens is 410 g/mol. The number of aliphatic hydroxyl groups excluding tert-OH is 2. The molecule has 1 saturated heterocycles. The second-order valence-corrected chi connectivity index (χ2v) is 6.98. The summed E-state index contributed by atoms with van der Waals surface area (Å²) in [7, 11) is 2.98. The molecule has 2 rings (SSSR count). The summed E-state index contributed by atoms with van der Waals surface area (Å²) in [5, 5.41) is 20.5. The Hall–Kier alpha value is -1.50. The van der Waals surface area contributed by atoms with E-state index < -0.39 is 6.35 Å². The average molecular weight is 466 g/mol. The van der Waals surface area contributed by atoms with Gasteiger partial charge in [0.2, 0.25) is 0 Å². The summed E-state index contributed by atoms with van der Waals surface area (Å²) in [6.07, 6.45) is 11.0. The summed E-state index contributed by atoms with van der Waals surface area (Å²) in [6, 6.07) is 8.84. The fourth-order valence-electron chi connectivity index (χ4n) is 3.06. The molecule has 1 aliphatic heterocycles. The number of aryl methyl sites for hydroxylation is 1. The highest BCUT2D eigenvalue weighted by Crippen LogP contribution is 2.15. The van der Waals surface area contributed by atoms with Crippen molar-refractivity contribution in [1.82, 2.24) is 15.1 Å². The SMILES string of the molecule is C/C=C\C=C/C.CC.CC.CCNCCCc1ccc(CN2CCCN(C)C2O)cc1.CO. The van der Waals surface area contributed by atoms with E-state index in [1.807, 2.05) is 77.8 Å². The Morgan fingerprint density at radius 3 is 1.94 bits per heavy atom. The molecular formula is C28H55N3O2. The summed E-state index contributed by atoms with van der Waals surface area (Å²) >= 11 is 0. The molecule has 1 heterocycles. The van der Waals surface area contributed by atoms with E-state index in [2.05, 4.69) is 41.4 Å². The van der Waals surface area contributed by atoms with Crippen LogP contribution in [0.15, 0.2) is 48.6 Å². The van der Waals surface area contributed by atoms with Gasteiger partial charge in [-0.15, -0.1) is 0 Å². The molecule has 0 radical (unpaired) electrons. The van der Waals surface area contributed by atoms with Crippen LogP contribution < -0.4 is 5.32 Å². The molecule has 1 atom stereocenters. The average Bonchev–Trinajstić information content (AvgIpc) is 2.88. The molecule has 194 valence electrons. The van der Waals surface area contributed by atoms with Crippen LogP contribution in [0.1, 0.15) is 72.4 Å². The van der Waals surface area contributed by atoms with E-state index in [1.54, 1.807) is 0 Å². The maximum Gasteiger partial charge on any atom is 0.165 e. The number of rotatable bonds is 8. The Labute approximate surface area is 206 Å². The molecule has 0 saturated carbocycles. The molecule has 5 heteroatoms. The second kappa shape index (κ2) is 28.5.